The highest BCUT2D eigenvalue weighted by Crippen LogP contribution is 2.66. The van der Waals surface area contributed by atoms with Gasteiger partial charge in [0.05, 0.1) is 28.0 Å². The topological polar surface area (TPSA) is 25.8 Å². The number of rotatable bonds is 0. The molecular weight excluding hydrogens is 437 g/mol. The second-order valence-electron chi connectivity index (χ2n) is 5.71. The van der Waals surface area contributed by atoms with E-state index in [1.165, 1.54) is 49.0 Å². The Labute approximate surface area is 176 Å². The summed E-state index contributed by atoms with van der Waals surface area (Å²) in [4.78, 5) is 12.0. The molecule has 3 aliphatic heterocycles. The van der Waals surface area contributed by atoms with Gasteiger partial charge in [0.1, 0.15) is 0 Å². The van der Waals surface area contributed by atoms with Crippen LogP contribution in [0.3, 0.4) is 0 Å². The number of hydrogen-bond donors (Lipinski definition) is 0. The van der Waals surface area contributed by atoms with Gasteiger partial charge in [-0.3, -0.25) is 9.97 Å². The molecule has 0 saturated carbocycles. The molecule has 3 aliphatic rings. The minimum absolute atomic E-state index is 1.01. The van der Waals surface area contributed by atoms with Crippen LogP contribution in [0.2, 0.25) is 0 Å². The van der Waals surface area contributed by atoms with E-state index in [9.17, 15) is 0 Å². The Hall–Kier alpha value is -0.380. The fourth-order valence-corrected chi connectivity index (χ4v) is 12.1. The van der Waals surface area contributed by atoms with Crippen LogP contribution < -0.4 is 0 Å². The van der Waals surface area contributed by atoms with Gasteiger partial charge in [-0.2, -0.15) is 0 Å². The van der Waals surface area contributed by atoms with E-state index in [0.717, 1.165) is 11.0 Å². The van der Waals surface area contributed by atoms with Crippen molar-refractivity contribution in [2.75, 3.05) is 11.5 Å². The number of hydrogen-bond acceptors (Lipinski definition) is 8. The van der Waals surface area contributed by atoms with Crippen LogP contribution in [0.25, 0.3) is 21.8 Å². The second kappa shape index (κ2) is 6.60. The SMILES string of the molecule is c1cnc2c(c1)c1c(c3cccnc32)SC(=C2SC3=C(SCCS3)S2)S1. The summed E-state index contributed by atoms with van der Waals surface area (Å²) in [6, 6.07) is 8.42. The Morgan fingerprint density at radius 1 is 0.615 bits per heavy atom. The highest BCUT2D eigenvalue weighted by molar-refractivity contribution is 8.42. The van der Waals surface area contributed by atoms with Gasteiger partial charge in [-0.25, -0.2) is 0 Å². The van der Waals surface area contributed by atoms with Crippen LogP contribution in [-0.2, 0) is 0 Å². The van der Waals surface area contributed by atoms with E-state index in [0.29, 0.717) is 0 Å². The zero-order valence-electron chi connectivity index (χ0n) is 13.2. The van der Waals surface area contributed by atoms with Crippen LogP contribution in [0.1, 0.15) is 0 Å². The van der Waals surface area contributed by atoms with Crippen molar-refractivity contribution >= 4 is 92.4 Å². The van der Waals surface area contributed by atoms with Crippen molar-refractivity contribution in [2.24, 2.45) is 0 Å². The molecule has 0 bridgehead atoms. The molecule has 0 atom stereocenters. The normalized spacial score (nSPS) is 19.5. The minimum atomic E-state index is 1.01. The van der Waals surface area contributed by atoms with E-state index < -0.39 is 0 Å². The first-order valence-electron chi connectivity index (χ1n) is 7.99. The number of fused-ring (bicyclic) bond motifs is 6. The van der Waals surface area contributed by atoms with Crippen LogP contribution in [0.4, 0.5) is 0 Å². The van der Waals surface area contributed by atoms with Crippen molar-refractivity contribution < 1.29 is 0 Å². The van der Waals surface area contributed by atoms with Gasteiger partial charge >= 0.3 is 0 Å². The third-order valence-electron chi connectivity index (χ3n) is 4.18. The lowest BCUT2D eigenvalue weighted by Crippen LogP contribution is -1.88. The van der Waals surface area contributed by atoms with Gasteiger partial charge < -0.3 is 0 Å². The Morgan fingerprint density at radius 3 is 1.65 bits per heavy atom. The zero-order chi connectivity index (χ0) is 17.1. The molecule has 2 nitrogen and oxygen atoms in total. The summed E-state index contributed by atoms with van der Waals surface area (Å²) in [5.74, 6) is 2.46. The summed E-state index contributed by atoms with van der Waals surface area (Å²) in [6.45, 7) is 0. The zero-order valence-corrected chi connectivity index (χ0v) is 18.1. The molecule has 0 radical (unpaired) electrons. The molecule has 128 valence electrons. The first-order chi connectivity index (χ1) is 12.9. The average Bonchev–Trinajstić information content (AvgIpc) is 3.33. The summed E-state index contributed by atoms with van der Waals surface area (Å²) in [6.07, 6.45) is 3.73. The molecule has 0 saturated heterocycles. The number of pyridine rings is 2. The molecule has 8 heteroatoms. The number of aromatic nitrogens is 2. The maximum Gasteiger partial charge on any atom is 0.0976 e. The van der Waals surface area contributed by atoms with Gasteiger partial charge in [-0.05, 0) is 12.1 Å². The van der Waals surface area contributed by atoms with Crippen molar-refractivity contribution in [3.8, 4) is 0 Å². The van der Waals surface area contributed by atoms with E-state index in [4.69, 9.17) is 0 Å². The molecule has 0 N–H and O–H groups in total. The van der Waals surface area contributed by atoms with Gasteiger partial charge in [-0.15, -0.1) is 23.5 Å². The van der Waals surface area contributed by atoms with Crippen molar-refractivity contribution in [3.05, 3.63) is 53.6 Å². The third-order valence-corrected chi connectivity index (χ3v) is 13.1. The third kappa shape index (κ3) is 2.57. The lowest BCUT2D eigenvalue weighted by atomic mass is 10.1. The maximum absolute atomic E-state index is 4.64. The maximum atomic E-state index is 4.64. The molecule has 2 aromatic heterocycles. The Morgan fingerprint density at radius 2 is 1.12 bits per heavy atom. The van der Waals surface area contributed by atoms with E-state index in [1.807, 2.05) is 95.1 Å². The van der Waals surface area contributed by atoms with Crippen molar-refractivity contribution in [1.82, 2.24) is 9.97 Å². The molecule has 6 rings (SSSR count). The van der Waals surface area contributed by atoms with E-state index in [1.54, 1.807) is 0 Å². The summed E-state index contributed by atoms with van der Waals surface area (Å²) in [7, 11) is 0. The van der Waals surface area contributed by atoms with Crippen LogP contribution in [0.5, 0.6) is 0 Å². The molecule has 0 unspecified atom stereocenters. The standard InChI is InChI=1S/C18H10N2S6/c1-3-9-11(19-5-1)12-10(4-2-6-20-12)14-13(9)23-17(24-14)18-25-15-16(26-18)22-8-7-21-15/h1-6H,7-8H2. The highest BCUT2D eigenvalue weighted by Gasteiger charge is 2.32. The largest absolute Gasteiger partial charge is 0.254 e. The lowest BCUT2D eigenvalue weighted by Gasteiger charge is -2.08. The second-order valence-corrected chi connectivity index (χ2v) is 13.0. The molecule has 0 fully saturated rings. The quantitative estimate of drug-likeness (QED) is 0.335. The lowest BCUT2D eigenvalue weighted by molar-refractivity contribution is 1.30. The van der Waals surface area contributed by atoms with Crippen LogP contribution in [0.15, 0.2) is 63.4 Å². The van der Waals surface area contributed by atoms with E-state index in [2.05, 4.69) is 22.1 Å². The van der Waals surface area contributed by atoms with Gasteiger partial charge in [0, 0.05) is 44.5 Å². The van der Waals surface area contributed by atoms with Gasteiger partial charge in [0.2, 0.25) is 0 Å². The van der Waals surface area contributed by atoms with Crippen molar-refractivity contribution in [1.29, 1.82) is 0 Å². The van der Waals surface area contributed by atoms with Crippen molar-refractivity contribution in [2.45, 2.75) is 9.79 Å². The predicted molar refractivity (Wildman–Crippen MR) is 123 cm³/mol. The number of benzene rings is 1. The highest BCUT2D eigenvalue weighted by atomic mass is 32.3. The number of thioether (sulfide) groups is 6. The molecule has 0 spiro atoms. The van der Waals surface area contributed by atoms with Gasteiger partial charge in [0.15, 0.2) is 0 Å². The molecule has 0 amide bonds. The Bertz CT molecular complexity index is 1070. The van der Waals surface area contributed by atoms with Gasteiger partial charge in [0.25, 0.3) is 0 Å². The smallest absolute Gasteiger partial charge is 0.0976 e. The van der Waals surface area contributed by atoms with Crippen LogP contribution in [-0.4, -0.2) is 21.5 Å². The van der Waals surface area contributed by atoms with Gasteiger partial charge in [-0.1, -0.05) is 59.2 Å². The monoisotopic (exact) mass is 446 g/mol. The van der Waals surface area contributed by atoms with E-state index >= 15 is 0 Å². The van der Waals surface area contributed by atoms with Crippen molar-refractivity contribution in [3.63, 3.8) is 0 Å². The van der Waals surface area contributed by atoms with Crippen LogP contribution >= 0.6 is 70.6 Å². The first-order valence-corrected chi connectivity index (χ1v) is 13.2. The molecule has 1 aromatic carbocycles. The predicted octanol–water partition coefficient (Wildman–Crippen LogP) is 7.19. The Kier molecular flexibility index (Phi) is 4.20. The Balaban J connectivity index is 1.52. The van der Waals surface area contributed by atoms with E-state index in [-0.39, 0.29) is 0 Å². The first kappa shape index (κ1) is 16.6. The molecular formula is C18H10N2S6. The summed E-state index contributed by atoms with van der Waals surface area (Å²) >= 11 is 11.8. The molecule has 5 heterocycles. The fraction of sp³-hybridized carbons (Fsp3) is 0.111. The summed E-state index contributed by atoms with van der Waals surface area (Å²) in [5, 5.41) is 2.44. The fourth-order valence-electron chi connectivity index (χ4n) is 3.09. The molecule has 26 heavy (non-hydrogen) atoms. The summed E-state index contributed by atoms with van der Waals surface area (Å²) in [5.41, 5.74) is 2.02. The molecule has 0 aliphatic carbocycles. The summed E-state index contributed by atoms with van der Waals surface area (Å²) < 4.78 is 5.86. The average molecular weight is 447 g/mol. The molecule has 3 aromatic rings. The van der Waals surface area contributed by atoms with Crippen LogP contribution in [0, 0.1) is 0 Å². The minimum Gasteiger partial charge on any atom is -0.254 e. The number of nitrogens with zero attached hydrogens (tertiary/aromatic N) is 2.